The van der Waals surface area contributed by atoms with E-state index in [0.717, 1.165) is 30.6 Å². The van der Waals surface area contributed by atoms with Gasteiger partial charge in [-0.3, -0.25) is 0 Å². The van der Waals surface area contributed by atoms with Crippen LogP contribution in [0.2, 0.25) is 0 Å². The molecule has 100 valence electrons. The molecule has 0 aromatic heterocycles. The van der Waals surface area contributed by atoms with Crippen LogP contribution in [0.4, 0.5) is 4.39 Å². The van der Waals surface area contributed by atoms with Crippen molar-refractivity contribution in [2.24, 2.45) is 5.73 Å². The molecular weight excluding hydrogens is 233 g/mol. The minimum Gasteiger partial charge on any atom is -0.376 e. The second-order valence-corrected chi connectivity index (χ2v) is 4.68. The largest absolute Gasteiger partial charge is 0.376 e. The first-order valence-electron chi connectivity index (χ1n) is 6.45. The molecule has 0 aliphatic carbocycles. The Morgan fingerprint density at radius 1 is 1.28 bits per heavy atom. The summed E-state index contributed by atoms with van der Waals surface area (Å²) in [6, 6.07) is 4.82. The third-order valence-electron chi connectivity index (χ3n) is 3.10. The molecule has 2 rings (SSSR count). The van der Waals surface area contributed by atoms with Gasteiger partial charge in [-0.2, -0.15) is 0 Å². The highest BCUT2D eigenvalue weighted by molar-refractivity contribution is 5.24. The zero-order valence-electron chi connectivity index (χ0n) is 10.5. The van der Waals surface area contributed by atoms with Gasteiger partial charge in [0.05, 0.1) is 19.3 Å². The van der Waals surface area contributed by atoms with Crippen molar-refractivity contribution in [3.8, 4) is 0 Å². The summed E-state index contributed by atoms with van der Waals surface area (Å²) >= 11 is 0. The van der Waals surface area contributed by atoms with E-state index in [0.29, 0.717) is 19.8 Å². The number of halogens is 1. The summed E-state index contributed by atoms with van der Waals surface area (Å²) in [6.07, 6.45) is 3.59. The van der Waals surface area contributed by atoms with Gasteiger partial charge in [0, 0.05) is 13.2 Å². The van der Waals surface area contributed by atoms with E-state index in [2.05, 4.69) is 0 Å². The lowest BCUT2D eigenvalue weighted by molar-refractivity contribution is -0.0447. The lowest BCUT2D eigenvalue weighted by Gasteiger charge is -2.22. The highest BCUT2D eigenvalue weighted by Gasteiger charge is 2.13. The summed E-state index contributed by atoms with van der Waals surface area (Å²) in [5.74, 6) is -0.259. The molecule has 0 amide bonds. The van der Waals surface area contributed by atoms with Crippen molar-refractivity contribution in [1.29, 1.82) is 0 Å². The van der Waals surface area contributed by atoms with Gasteiger partial charge in [0.2, 0.25) is 0 Å². The van der Waals surface area contributed by atoms with Crippen LogP contribution in [0.1, 0.15) is 30.4 Å². The van der Waals surface area contributed by atoms with E-state index in [1.807, 2.05) is 6.07 Å². The van der Waals surface area contributed by atoms with Crippen LogP contribution in [0.15, 0.2) is 18.2 Å². The predicted octanol–water partition coefficient (Wildman–Crippen LogP) is 2.37. The van der Waals surface area contributed by atoms with Crippen LogP contribution in [0.5, 0.6) is 0 Å². The number of rotatable bonds is 5. The Morgan fingerprint density at radius 2 is 2.11 bits per heavy atom. The van der Waals surface area contributed by atoms with Gasteiger partial charge in [-0.05, 0) is 42.5 Å². The molecule has 1 atom stereocenters. The molecule has 0 bridgehead atoms. The van der Waals surface area contributed by atoms with Crippen molar-refractivity contribution < 1.29 is 13.9 Å². The van der Waals surface area contributed by atoms with Gasteiger partial charge in [0.25, 0.3) is 0 Å². The predicted molar refractivity (Wildman–Crippen MR) is 67.5 cm³/mol. The highest BCUT2D eigenvalue weighted by Crippen LogP contribution is 2.14. The molecule has 1 heterocycles. The van der Waals surface area contributed by atoms with Crippen molar-refractivity contribution in [2.75, 3.05) is 13.2 Å². The van der Waals surface area contributed by atoms with Crippen LogP contribution in [0.3, 0.4) is 0 Å². The van der Waals surface area contributed by atoms with E-state index >= 15 is 0 Å². The smallest absolute Gasteiger partial charge is 0.123 e. The van der Waals surface area contributed by atoms with Gasteiger partial charge in [0.15, 0.2) is 0 Å². The SMILES string of the molecule is NCc1cc(F)cc(COCC2CCCCO2)c1. The molecule has 1 aliphatic heterocycles. The van der Waals surface area contributed by atoms with E-state index < -0.39 is 0 Å². The first kappa shape index (κ1) is 13.5. The summed E-state index contributed by atoms with van der Waals surface area (Å²) in [7, 11) is 0. The molecule has 4 heteroatoms. The molecule has 1 aromatic rings. The van der Waals surface area contributed by atoms with E-state index in [4.69, 9.17) is 15.2 Å². The van der Waals surface area contributed by atoms with Crippen molar-refractivity contribution >= 4 is 0 Å². The number of benzene rings is 1. The molecule has 1 aromatic carbocycles. The molecule has 1 saturated heterocycles. The molecule has 2 N–H and O–H groups in total. The molecule has 18 heavy (non-hydrogen) atoms. The zero-order chi connectivity index (χ0) is 12.8. The molecule has 1 aliphatic rings. The monoisotopic (exact) mass is 253 g/mol. The Hall–Kier alpha value is -0.970. The fourth-order valence-corrected chi connectivity index (χ4v) is 2.17. The van der Waals surface area contributed by atoms with Crippen molar-refractivity contribution in [3.63, 3.8) is 0 Å². The topological polar surface area (TPSA) is 44.5 Å². The molecule has 3 nitrogen and oxygen atoms in total. The van der Waals surface area contributed by atoms with Gasteiger partial charge >= 0.3 is 0 Å². The Balaban J connectivity index is 1.80. The minimum atomic E-state index is -0.259. The Bertz CT molecular complexity index is 378. The maximum Gasteiger partial charge on any atom is 0.123 e. The summed E-state index contributed by atoms with van der Waals surface area (Å²) in [5, 5.41) is 0. The van der Waals surface area contributed by atoms with Crippen LogP contribution in [0, 0.1) is 5.82 Å². The summed E-state index contributed by atoms with van der Waals surface area (Å²) in [6.45, 7) is 2.15. The highest BCUT2D eigenvalue weighted by atomic mass is 19.1. The number of nitrogens with two attached hydrogens (primary N) is 1. The van der Waals surface area contributed by atoms with Gasteiger partial charge in [0.1, 0.15) is 5.82 Å². The van der Waals surface area contributed by atoms with Crippen LogP contribution in [-0.2, 0) is 22.6 Å². The summed E-state index contributed by atoms with van der Waals surface area (Å²) < 4.78 is 24.4. The average molecular weight is 253 g/mol. The van der Waals surface area contributed by atoms with E-state index in [9.17, 15) is 4.39 Å². The van der Waals surface area contributed by atoms with Gasteiger partial charge < -0.3 is 15.2 Å². The third kappa shape index (κ3) is 4.05. The Labute approximate surface area is 107 Å². The molecule has 1 fully saturated rings. The fourth-order valence-electron chi connectivity index (χ4n) is 2.17. The van der Waals surface area contributed by atoms with E-state index in [-0.39, 0.29) is 11.9 Å². The van der Waals surface area contributed by atoms with Crippen molar-refractivity contribution in [1.82, 2.24) is 0 Å². The normalized spacial score (nSPS) is 20.0. The van der Waals surface area contributed by atoms with Crippen molar-refractivity contribution in [3.05, 3.63) is 35.1 Å². The second kappa shape index (κ2) is 6.83. The maximum atomic E-state index is 13.3. The fraction of sp³-hybridized carbons (Fsp3) is 0.571. The van der Waals surface area contributed by atoms with Crippen molar-refractivity contribution in [2.45, 2.75) is 38.5 Å². The first-order valence-corrected chi connectivity index (χ1v) is 6.45. The van der Waals surface area contributed by atoms with E-state index in [1.54, 1.807) is 0 Å². The quantitative estimate of drug-likeness (QED) is 0.876. The molecule has 0 spiro atoms. The number of hydrogen-bond acceptors (Lipinski definition) is 3. The van der Waals surface area contributed by atoms with Gasteiger partial charge in [-0.15, -0.1) is 0 Å². The molecule has 0 radical (unpaired) electrons. The lowest BCUT2D eigenvalue weighted by atomic mass is 10.1. The average Bonchev–Trinajstić information content (AvgIpc) is 2.39. The Kier molecular flexibility index (Phi) is 5.11. The molecule has 1 unspecified atom stereocenters. The first-order chi connectivity index (χ1) is 8.78. The minimum absolute atomic E-state index is 0.196. The molecule has 0 saturated carbocycles. The zero-order valence-corrected chi connectivity index (χ0v) is 10.5. The third-order valence-corrected chi connectivity index (χ3v) is 3.10. The summed E-state index contributed by atoms with van der Waals surface area (Å²) in [5.41, 5.74) is 7.12. The maximum absolute atomic E-state index is 13.3. The van der Waals surface area contributed by atoms with E-state index in [1.165, 1.54) is 18.6 Å². The number of hydrogen-bond donors (Lipinski definition) is 1. The van der Waals surface area contributed by atoms with Crippen LogP contribution in [0.25, 0.3) is 0 Å². The second-order valence-electron chi connectivity index (χ2n) is 4.68. The summed E-state index contributed by atoms with van der Waals surface area (Å²) in [4.78, 5) is 0. The van der Waals surface area contributed by atoms with Gasteiger partial charge in [-0.1, -0.05) is 6.07 Å². The van der Waals surface area contributed by atoms with Gasteiger partial charge in [-0.25, -0.2) is 4.39 Å². The van der Waals surface area contributed by atoms with Crippen LogP contribution in [-0.4, -0.2) is 19.3 Å². The standard InChI is InChI=1S/C14H20FNO2/c15-13-6-11(8-16)5-12(7-13)9-17-10-14-3-1-2-4-18-14/h5-7,14H,1-4,8-10,16H2. The molecular formula is C14H20FNO2. The lowest BCUT2D eigenvalue weighted by Crippen LogP contribution is -2.24. The van der Waals surface area contributed by atoms with Crippen LogP contribution >= 0.6 is 0 Å². The van der Waals surface area contributed by atoms with Crippen LogP contribution < -0.4 is 5.73 Å². The Morgan fingerprint density at radius 3 is 2.83 bits per heavy atom. The number of ether oxygens (including phenoxy) is 2.